The summed E-state index contributed by atoms with van der Waals surface area (Å²) in [7, 11) is 0. The molecule has 0 unspecified atom stereocenters. The van der Waals surface area contributed by atoms with Gasteiger partial charge in [0.1, 0.15) is 6.54 Å². The molecule has 0 saturated carbocycles. The van der Waals surface area contributed by atoms with Crippen LogP contribution in [0.5, 0.6) is 0 Å². The Morgan fingerprint density at radius 3 is 2.80 bits per heavy atom. The number of hydrogen-bond donors (Lipinski definition) is 2. The fourth-order valence-corrected chi connectivity index (χ4v) is 1.34. The van der Waals surface area contributed by atoms with E-state index in [1.165, 1.54) is 6.20 Å². The molecule has 15 heavy (non-hydrogen) atoms. The standard InChI is InChI=1S/C8H8BrN3O3/c9-5-2-1-3-12(7(5)14)4-6(13)11-8(10)15/h1-3H,4H2,(H3,10,11,13,15). The normalized spacial score (nSPS) is 9.67. The van der Waals surface area contributed by atoms with Crippen molar-refractivity contribution in [3.05, 3.63) is 33.2 Å². The van der Waals surface area contributed by atoms with Crippen molar-refractivity contribution in [2.45, 2.75) is 6.54 Å². The summed E-state index contributed by atoms with van der Waals surface area (Å²) in [6.07, 6.45) is 1.44. The minimum atomic E-state index is -0.942. The quantitative estimate of drug-likeness (QED) is 0.782. The molecule has 0 aliphatic heterocycles. The number of imide groups is 1. The maximum atomic E-state index is 11.4. The van der Waals surface area contributed by atoms with E-state index < -0.39 is 11.9 Å². The molecular formula is C8H8BrN3O3. The predicted octanol–water partition coefficient (Wildman–Crippen LogP) is -0.194. The molecule has 0 aliphatic carbocycles. The van der Waals surface area contributed by atoms with E-state index >= 15 is 0 Å². The summed E-state index contributed by atoms with van der Waals surface area (Å²) in [5.74, 6) is -0.636. The predicted molar refractivity (Wildman–Crippen MR) is 56.1 cm³/mol. The van der Waals surface area contributed by atoms with Gasteiger partial charge in [0.2, 0.25) is 5.91 Å². The molecule has 3 amide bonds. The second-order valence-electron chi connectivity index (χ2n) is 2.70. The monoisotopic (exact) mass is 273 g/mol. The van der Waals surface area contributed by atoms with Crippen molar-refractivity contribution in [2.24, 2.45) is 5.73 Å². The minimum Gasteiger partial charge on any atom is -0.351 e. The zero-order valence-electron chi connectivity index (χ0n) is 7.57. The zero-order valence-corrected chi connectivity index (χ0v) is 9.15. The summed E-state index contributed by atoms with van der Waals surface area (Å²) < 4.78 is 1.50. The Morgan fingerprint density at radius 1 is 1.53 bits per heavy atom. The first kappa shape index (κ1) is 11.4. The largest absolute Gasteiger partial charge is 0.351 e. The maximum absolute atomic E-state index is 11.4. The van der Waals surface area contributed by atoms with Crippen molar-refractivity contribution < 1.29 is 9.59 Å². The molecule has 6 nitrogen and oxygen atoms in total. The molecule has 7 heteroatoms. The van der Waals surface area contributed by atoms with Crippen molar-refractivity contribution in [3.63, 3.8) is 0 Å². The maximum Gasteiger partial charge on any atom is 0.318 e. The number of amides is 3. The number of nitrogens with zero attached hydrogens (tertiary/aromatic N) is 1. The number of nitrogens with one attached hydrogen (secondary N) is 1. The number of carbonyl (C=O) groups excluding carboxylic acids is 2. The molecule has 0 radical (unpaired) electrons. The minimum absolute atomic E-state index is 0.249. The van der Waals surface area contributed by atoms with Gasteiger partial charge in [-0.15, -0.1) is 0 Å². The third kappa shape index (κ3) is 3.21. The molecule has 1 rings (SSSR count). The molecule has 0 aromatic carbocycles. The smallest absolute Gasteiger partial charge is 0.318 e. The van der Waals surface area contributed by atoms with Gasteiger partial charge in [-0.1, -0.05) is 0 Å². The molecule has 0 saturated heterocycles. The van der Waals surface area contributed by atoms with Crippen LogP contribution >= 0.6 is 15.9 Å². The highest BCUT2D eigenvalue weighted by Gasteiger charge is 2.07. The average molecular weight is 274 g/mol. The van der Waals surface area contributed by atoms with E-state index in [1.807, 2.05) is 5.32 Å². The Balaban J connectivity index is 2.82. The van der Waals surface area contributed by atoms with Gasteiger partial charge in [-0.25, -0.2) is 4.79 Å². The summed E-state index contributed by atoms with van der Waals surface area (Å²) in [5, 5.41) is 1.86. The number of rotatable bonds is 2. The lowest BCUT2D eigenvalue weighted by molar-refractivity contribution is -0.120. The van der Waals surface area contributed by atoms with Crippen LogP contribution in [0.3, 0.4) is 0 Å². The third-order valence-electron chi connectivity index (χ3n) is 1.55. The molecule has 0 aliphatic rings. The van der Waals surface area contributed by atoms with Gasteiger partial charge in [0.25, 0.3) is 5.56 Å². The number of urea groups is 1. The van der Waals surface area contributed by atoms with Gasteiger partial charge < -0.3 is 10.3 Å². The number of carbonyl (C=O) groups is 2. The summed E-state index contributed by atoms with van der Waals surface area (Å²) in [4.78, 5) is 32.9. The fraction of sp³-hybridized carbons (Fsp3) is 0.125. The lowest BCUT2D eigenvalue weighted by Gasteiger charge is -2.04. The first-order valence-corrected chi connectivity index (χ1v) is 4.74. The van der Waals surface area contributed by atoms with E-state index in [1.54, 1.807) is 12.1 Å². The highest BCUT2D eigenvalue weighted by atomic mass is 79.9. The molecule has 1 aromatic rings. The molecule has 0 fully saturated rings. The molecule has 0 atom stereocenters. The molecular weight excluding hydrogens is 266 g/mol. The van der Waals surface area contributed by atoms with E-state index in [2.05, 4.69) is 15.9 Å². The molecule has 1 heterocycles. The number of hydrogen-bond acceptors (Lipinski definition) is 3. The molecule has 3 N–H and O–H groups in total. The summed E-state index contributed by atoms with van der Waals surface area (Å²) in [6.45, 7) is -0.249. The highest BCUT2D eigenvalue weighted by Crippen LogP contribution is 2.00. The van der Waals surface area contributed by atoms with Crippen LogP contribution in [0.4, 0.5) is 4.79 Å². The SMILES string of the molecule is NC(=O)NC(=O)Cn1cccc(Br)c1=O. The second kappa shape index (κ2) is 4.74. The zero-order chi connectivity index (χ0) is 11.4. The lowest BCUT2D eigenvalue weighted by atomic mass is 10.4. The van der Waals surface area contributed by atoms with E-state index in [0.29, 0.717) is 4.47 Å². The van der Waals surface area contributed by atoms with Crippen molar-refractivity contribution in [1.82, 2.24) is 9.88 Å². The van der Waals surface area contributed by atoms with Gasteiger partial charge in [-0.05, 0) is 28.1 Å². The second-order valence-corrected chi connectivity index (χ2v) is 3.56. The fourth-order valence-electron chi connectivity index (χ4n) is 0.964. The topological polar surface area (TPSA) is 94.2 Å². The van der Waals surface area contributed by atoms with Crippen LogP contribution in [0, 0.1) is 0 Å². The molecule has 0 bridgehead atoms. The van der Waals surface area contributed by atoms with Crippen LogP contribution in [0.2, 0.25) is 0 Å². The molecule has 80 valence electrons. The van der Waals surface area contributed by atoms with E-state index in [4.69, 9.17) is 5.73 Å². The van der Waals surface area contributed by atoms with Gasteiger partial charge in [-0.2, -0.15) is 0 Å². The van der Waals surface area contributed by atoms with Crippen molar-refractivity contribution in [1.29, 1.82) is 0 Å². The Kier molecular flexibility index (Phi) is 3.62. The van der Waals surface area contributed by atoms with Gasteiger partial charge in [0.05, 0.1) is 4.47 Å². The van der Waals surface area contributed by atoms with Gasteiger partial charge in [-0.3, -0.25) is 14.9 Å². The summed E-state index contributed by atoms with van der Waals surface area (Å²) in [5.41, 5.74) is 4.40. The van der Waals surface area contributed by atoms with Crippen molar-refractivity contribution in [3.8, 4) is 0 Å². The first-order chi connectivity index (χ1) is 7.00. The van der Waals surface area contributed by atoms with Crippen LogP contribution in [0.15, 0.2) is 27.6 Å². The lowest BCUT2D eigenvalue weighted by Crippen LogP contribution is -2.39. The number of halogens is 1. The Bertz CT molecular complexity index is 455. The van der Waals surface area contributed by atoms with Crippen LogP contribution in [-0.2, 0) is 11.3 Å². The summed E-state index contributed by atoms with van der Waals surface area (Å²) in [6, 6.07) is 2.22. The van der Waals surface area contributed by atoms with E-state index in [9.17, 15) is 14.4 Å². The number of pyridine rings is 1. The highest BCUT2D eigenvalue weighted by molar-refractivity contribution is 9.10. The first-order valence-electron chi connectivity index (χ1n) is 3.95. The van der Waals surface area contributed by atoms with Crippen molar-refractivity contribution in [2.75, 3.05) is 0 Å². The number of aromatic nitrogens is 1. The number of nitrogens with two attached hydrogens (primary N) is 1. The van der Waals surface area contributed by atoms with Gasteiger partial charge in [0.15, 0.2) is 0 Å². The van der Waals surface area contributed by atoms with Gasteiger partial charge in [0, 0.05) is 6.20 Å². The van der Waals surface area contributed by atoms with Crippen LogP contribution < -0.4 is 16.6 Å². The molecule has 1 aromatic heterocycles. The summed E-state index contributed by atoms with van der Waals surface area (Å²) >= 11 is 3.03. The van der Waals surface area contributed by atoms with Crippen LogP contribution in [-0.4, -0.2) is 16.5 Å². The van der Waals surface area contributed by atoms with Crippen LogP contribution in [0.1, 0.15) is 0 Å². The Morgan fingerprint density at radius 2 is 2.20 bits per heavy atom. The average Bonchev–Trinajstić information content (AvgIpc) is 2.11. The van der Waals surface area contributed by atoms with Crippen molar-refractivity contribution >= 4 is 27.9 Å². The third-order valence-corrected chi connectivity index (χ3v) is 2.15. The van der Waals surface area contributed by atoms with E-state index in [0.717, 1.165) is 4.57 Å². The van der Waals surface area contributed by atoms with E-state index in [-0.39, 0.29) is 12.1 Å². The Labute approximate surface area is 93.2 Å². The molecule has 0 spiro atoms. The number of primary amides is 1. The Hall–Kier alpha value is -1.63. The van der Waals surface area contributed by atoms with Crippen LogP contribution in [0.25, 0.3) is 0 Å². The van der Waals surface area contributed by atoms with Gasteiger partial charge >= 0.3 is 6.03 Å².